The number of hydrogen-bond donors (Lipinski definition) is 2. The first-order valence-corrected chi connectivity index (χ1v) is 9.71. The zero-order valence-electron chi connectivity index (χ0n) is 14.5. The number of aryl methyl sites for hydroxylation is 1. The molecular formula is C18H22N2O5S. The fourth-order valence-electron chi connectivity index (χ4n) is 2.37. The predicted octanol–water partition coefficient (Wildman–Crippen LogP) is 1.55. The van der Waals surface area contributed by atoms with Gasteiger partial charge >= 0.3 is 0 Å². The lowest BCUT2D eigenvalue weighted by Crippen LogP contribution is -2.37. The van der Waals surface area contributed by atoms with E-state index in [2.05, 4.69) is 11.9 Å². The third-order valence-electron chi connectivity index (χ3n) is 3.94. The molecule has 0 aliphatic carbocycles. The normalized spacial score (nSPS) is 12.5. The molecule has 140 valence electrons. The molecular weight excluding hydrogens is 356 g/mol. The number of ether oxygens (including phenoxy) is 1. The first-order valence-electron chi connectivity index (χ1n) is 8.20. The number of nitrogens with two attached hydrogens (primary N) is 1. The van der Waals surface area contributed by atoms with Crippen LogP contribution >= 0.6 is 0 Å². The third kappa shape index (κ3) is 5.82. The number of aromatic nitrogens is 1. The van der Waals surface area contributed by atoms with Crippen molar-refractivity contribution in [3.05, 3.63) is 59.4 Å². The number of primary amides is 1. The minimum absolute atomic E-state index is 0.192. The lowest BCUT2D eigenvalue weighted by Gasteiger charge is -2.11. The summed E-state index contributed by atoms with van der Waals surface area (Å²) in [5, 5.41) is -1.66. The van der Waals surface area contributed by atoms with Crippen molar-refractivity contribution in [1.82, 2.24) is 4.98 Å². The van der Waals surface area contributed by atoms with Gasteiger partial charge in [-0.25, -0.2) is 0 Å². The molecule has 0 fully saturated rings. The number of carbonyl (C=O) groups is 1. The standard InChI is InChI=1S/C18H22N2O5S/c1-2-13-3-6-15(20-12-13)9-10-25-16-7-4-14(5-8-16)11-17(18(19)21)26(22,23)24/h3-8,12,17H,2,9-11H2,1H3,(H2,19,21)(H,22,23,24)/t17-/m0/s1. The van der Waals surface area contributed by atoms with Gasteiger partial charge in [-0.3, -0.25) is 14.3 Å². The number of nitrogens with zero attached hydrogens (tertiary/aromatic N) is 1. The maximum Gasteiger partial charge on any atom is 0.277 e. The molecule has 1 heterocycles. The first-order chi connectivity index (χ1) is 12.3. The Morgan fingerprint density at radius 1 is 1.19 bits per heavy atom. The number of pyridine rings is 1. The van der Waals surface area contributed by atoms with Gasteiger partial charge < -0.3 is 10.5 Å². The molecule has 1 atom stereocenters. The first kappa shape index (κ1) is 19.9. The van der Waals surface area contributed by atoms with Gasteiger partial charge in [0.25, 0.3) is 10.1 Å². The molecule has 7 nitrogen and oxygen atoms in total. The SMILES string of the molecule is CCc1ccc(CCOc2ccc(C[C@@H](C(N)=O)S(=O)(=O)O)cc2)nc1. The highest BCUT2D eigenvalue weighted by Crippen LogP contribution is 2.16. The molecule has 0 unspecified atom stereocenters. The van der Waals surface area contributed by atoms with Crippen molar-refractivity contribution >= 4 is 16.0 Å². The molecule has 0 bridgehead atoms. The number of carbonyl (C=O) groups excluding carboxylic acids is 1. The van der Waals surface area contributed by atoms with Gasteiger partial charge in [0.15, 0.2) is 5.25 Å². The van der Waals surface area contributed by atoms with Crippen molar-refractivity contribution in [2.75, 3.05) is 6.61 Å². The highest BCUT2D eigenvalue weighted by Gasteiger charge is 2.29. The Bertz CT molecular complexity index is 833. The summed E-state index contributed by atoms with van der Waals surface area (Å²) in [4.78, 5) is 15.5. The molecule has 26 heavy (non-hydrogen) atoms. The van der Waals surface area contributed by atoms with Gasteiger partial charge in [-0.15, -0.1) is 0 Å². The Kier molecular flexibility index (Phi) is 6.70. The van der Waals surface area contributed by atoms with Crippen molar-refractivity contribution < 1.29 is 22.5 Å². The number of benzene rings is 1. The molecule has 1 aromatic heterocycles. The predicted molar refractivity (Wildman–Crippen MR) is 97.5 cm³/mol. The number of amides is 1. The molecule has 1 aromatic carbocycles. The van der Waals surface area contributed by atoms with Gasteiger partial charge in [0.05, 0.1) is 6.61 Å². The molecule has 0 aliphatic heterocycles. The Morgan fingerprint density at radius 2 is 1.85 bits per heavy atom. The van der Waals surface area contributed by atoms with E-state index in [-0.39, 0.29) is 6.42 Å². The summed E-state index contributed by atoms with van der Waals surface area (Å²) < 4.78 is 37.1. The Labute approximate surface area is 153 Å². The van der Waals surface area contributed by atoms with Crippen LogP contribution in [0.4, 0.5) is 0 Å². The van der Waals surface area contributed by atoms with E-state index >= 15 is 0 Å². The molecule has 8 heteroatoms. The van der Waals surface area contributed by atoms with Gasteiger partial charge in [-0.2, -0.15) is 8.42 Å². The average molecular weight is 378 g/mol. The van der Waals surface area contributed by atoms with Crippen LogP contribution < -0.4 is 10.5 Å². The Balaban J connectivity index is 1.89. The second-order valence-electron chi connectivity index (χ2n) is 5.86. The minimum atomic E-state index is -4.54. The summed E-state index contributed by atoms with van der Waals surface area (Å²) in [6.45, 7) is 2.53. The zero-order valence-corrected chi connectivity index (χ0v) is 15.3. The maximum atomic E-state index is 11.2. The average Bonchev–Trinajstić information content (AvgIpc) is 2.60. The van der Waals surface area contributed by atoms with Gasteiger partial charge in [0.1, 0.15) is 5.75 Å². The van der Waals surface area contributed by atoms with Crippen molar-refractivity contribution in [2.24, 2.45) is 5.73 Å². The van der Waals surface area contributed by atoms with E-state index in [1.54, 1.807) is 24.3 Å². The third-order valence-corrected chi connectivity index (χ3v) is 5.06. The monoisotopic (exact) mass is 378 g/mol. The summed E-state index contributed by atoms with van der Waals surface area (Å²) in [6.07, 6.45) is 3.28. The van der Waals surface area contributed by atoms with Crippen LogP contribution in [-0.2, 0) is 34.2 Å². The van der Waals surface area contributed by atoms with Gasteiger partial charge in [0, 0.05) is 24.7 Å². The van der Waals surface area contributed by atoms with Crippen LogP contribution in [-0.4, -0.2) is 35.7 Å². The molecule has 0 aliphatic rings. The minimum Gasteiger partial charge on any atom is -0.493 e. The largest absolute Gasteiger partial charge is 0.493 e. The van der Waals surface area contributed by atoms with E-state index < -0.39 is 21.3 Å². The fourth-order valence-corrected chi connectivity index (χ4v) is 3.07. The lowest BCUT2D eigenvalue weighted by molar-refractivity contribution is -0.117. The van der Waals surface area contributed by atoms with Crippen LogP contribution in [0.5, 0.6) is 5.75 Å². The van der Waals surface area contributed by atoms with E-state index in [4.69, 9.17) is 15.0 Å². The summed E-state index contributed by atoms with van der Waals surface area (Å²) in [7, 11) is -4.54. The molecule has 0 saturated carbocycles. The summed E-state index contributed by atoms with van der Waals surface area (Å²) in [6, 6.07) is 10.6. The zero-order chi connectivity index (χ0) is 19.2. The van der Waals surface area contributed by atoms with Gasteiger partial charge in [-0.05, 0) is 35.7 Å². The Morgan fingerprint density at radius 3 is 2.35 bits per heavy atom. The molecule has 0 saturated heterocycles. The second-order valence-corrected chi connectivity index (χ2v) is 7.46. The van der Waals surface area contributed by atoms with E-state index in [0.717, 1.165) is 12.1 Å². The van der Waals surface area contributed by atoms with Crippen molar-refractivity contribution in [3.63, 3.8) is 0 Å². The topological polar surface area (TPSA) is 120 Å². The number of rotatable bonds is 9. The number of hydrogen-bond acceptors (Lipinski definition) is 5. The fraction of sp³-hybridized carbons (Fsp3) is 0.333. The van der Waals surface area contributed by atoms with Crippen LogP contribution in [0.2, 0.25) is 0 Å². The molecule has 0 spiro atoms. The summed E-state index contributed by atoms with van der Waals surface area (Å²) >= 11 is 0. The van der Waals surface area contributed by atoms with E-state index in [9.17, 15) is 13.2 Å². The van der Waals surface area contributed by atoms with Crippen molar-refractivity contribution in [3.8, 4) is 5.75 Å². The smallest absolute Gasteiger partial charge is 0.277 e. The molecule has 1 amide bonds. The van der Waals surface area contributed by atoms with Crippen LogP contribution in [0, 0.1) is 0 Å². The Hall–Kier alpha value is -2.45. The quantitative estimate of drug-likeness (QED) is 0.639. The highest BCUT2D eigenvalue weighted by atomic mass is 32.2. The van der Waals surface area contributed by atoms with E-state index in [1.807, 2.05) is 18.3 Å². The molecule has 2 aromatic rings. The van der Waals surface area contributed by atoms with Crippen LogP contribution in [0.1, 0.15) is 23.7 Å². The highest BCUT2D eigenvalue weighted by molar-refractivity contribution is 7.87. The summed E-state index contributed by atoms with van der Waals surface area (Å²) in [5.74, 6) is -0.476. The maximum absolute atomic E-state index is 11.2. The van der Waals surface area contributed by atoms with Crippen LogP contribution in [0.15, 0.2) is 42.6 Å². The van der Waals surface area contributed by atoms with Crippen molar-refractivity contribution in [1.29, 1.82) is 0 Å². The van der Waals surface area contributed by atoms with Gasteiger partial charge in [0.2, 0.25) is 5.91 Å². The van der Waals surface area contributed by atoms with Crippen molar-refractivity contribution in [2.45, 2.75) is 31.4 Å². The van der Waals surface area contributed by atoms with Gasteiger partial charge in [-0.1, -0.05) is 25.1 Å². The molecule has 3 N–H and O–H groups in total. The van der Waals surface area contributed by atoms with E-state index in [0.29, 0.717) is 24.3 Å². The van der Waals surface area contributed by atoms with E-state index in [1.165, 1.54) is 5.56 Å². The molecule has 2 rings (SSSR count). The van der Waals surface area contributed by atoms with Crippen LogP contribution in [0.25, 0.3) is 0 Å². The lowest BCUT2D eigenvalue weighted by atomic mass is 10.1. The van der Waals surface area contributed by atoms with Crippen LogP contribution in [0.3, 0.4) is 0 Å². The molecule has 0 radical (unpaired) electrons. The summed E-state index contributed by atoms with van der Waals surface area (Å²) in [5.41, 5.74) is 7.71. The second kappa shape index (κ2) is 8.77.